The fourth-order valence-corrected chi connectivity index (χ4v) is 2.49. The number of anilines is 2. The molecular formula is C15H11ClN6. The van der Waals surface area contributed by atoms with E-state index in [0.717, 1.165) is 22.3 Å². The molecule has 0 fully saturated rings. The number of aromatic amines is 2. The lowest BCUT2D eigenvalue weighted by Gasteiger charge is -2.02. The quantitative estimate of drug-likeness (QED) is 0.538. The molecule has 0 spiro atoms. The van der Waals surface area contributed by atoms with E-state index in [9.17, 15) is 0 Å². The van der Waals surface area contributed by atoms with Gasteiger partial charge in [-0.1, -0.05) is 23.7 Å². The number of halogens is 1. The Labute approximate surface area is 130 Å². The summed E-state index contributed by atoms with van der Waals surface area (Å²) in [5, 5.41) is 10.5. The minimum atomic E-state index is 0.652. The molecule has 0 amide bonds. The van der Waals surface area contributed by atoms with Crippen LogP contribution in [0.2, 0.25) is 5.02 Å². The largest absolute Gasteiger partial charge is 0.336 e. The second kappa shape index (κ2) is 5.16. The van der Waals surface area contributed by atoms with Gasteiger partial charge in [0.25, 0.3) is 0 Å². The Kier molecular flexibility index (Phi) is 3.01. The Balaban J connectivity index is 1.82. The number of hydrogen-bond acceptors (Lipinski definition) is 4. The molecule has 108 valence electrons. The molecular weight excluding hydrogens is 300 g/mol. The first kappa shape index (κ1) is 12.8. The van der Waals surface area contributed by atoms with E-state index in [2.05, 4.69) is 30.5 Å². The summed E-state index contributed by atoms with van der Waals surface area (Å²) in [6, 6.07) is 9.44. The van der Waals surface area contributed by atoms with E-state index in [1.54, 1.807) is 18.6 Å². The highest BCUT2D eigenvalue weighted by Gasteiger charge is 2.12. The van der Waals surface area contributed by atoms with Crippen LogP contribution in [0.25, 0.3) is 22.4 Å². The zero-order valence-electron chi connectivity index (χ0n) is 11.3. The van der Waals surface area contributed by atoms with Crippen molar-refractivity contribution in [1.82, 2.24) is 25.1 Å². The number of imidazole rings is 1. The third kappa shape index (κ3) is 2.19. The summed E-state index contributed by atoms with van der Waals surface area (Å²) >= 11 is 6.24. The van der Waals surface area contributed by atoms with Crippen LogP contribution >= 0.6 is 11.6 Å². The number of fused-ring (bicyclic) bond motifs is 1. The Morgan fingerprint density at radius 2 is 2.05 bits per heavy atom. The fraction of sp³-hybridized carbons (Fsp3) is 0. The van der Waals surface area contributed by atoms with Gasteiger partial charge in [0.05, 0.1) is 22.4 Å². The molecule has 1 aromatic carbocycles. The first-order valence-electron chi connectivity index (χ1n) is 6.67. The molecule has 0 unspecified atom stereocenters. The number of benzene rings is 1. The van der Waals surface area contributed by atoms with Crippen molar-refractivity contribution in [3.8, 4) is 11.4 Å². The normalized spacial score (nSPS) is 11.0. The van der Waals surface area contributed by atoms with Crippen molar-refractivity contribution in [2.24, 2.45) is 0 Å². The highest BCUT2D eigenvalue weighted by Crippen LogP contribution is 2.29. The Morgan fingerprint density at radius 1 is 1.14 bits per heavy atom. The number of pyridine rings is 1. The lowest BCUT2D eigenvalue weighted by molar-refractivity contribution is 1.09. The van der Waals surface area contributed by atoms with Gasteiger partial charge in [-0.2, -0.15) is 5.10 Å². The molecule has 3 aromatic heterocycles. The highest BCUT2D eigenvalue weighted by atomic mass is 35.5. The van der Waals surface area contributed by atoms with Gasteiger partial charge in [0.15, 0.2) is 5.82 Å². The van der Waals surface area contributed by atoms with Crippen LogP contribution in [0, 0.1) is 0 Å². The second-order valence-corrected chi connectivity index (χ2v) is 5.14. The van der Waals surface area contributed by atoms with E-state index in [1.165, 1.54) is 0 Å². The van der Waals surface area contributed by atoms with Gasteiger partial charge in [0.1, 0.15) is 11.3 Å². The number of hydrogen-bond donors (Lipinski definition) is 3. The summed E-state index contributed by atoms with van der Waals surface area (Å²) in [6.07, 6.45) is 5.15. The number of aromatic nitrogens is 5. The van der Waals surface area contributed by atoms with E-state index in [-0.39, 0.29) is 0 Å². The summed E-state index contributed by atoms with van der Waals surface area (Å²) in [6.45, 7) is 0. The summed E-state index contributed by atoms with van der Waals surface area (Å²) in [7, 11) is 0. The maximum absolute atomic E-state index is 6.24. The highest BCUT2D eigenvalue weighted by molar-refractivity contribution is 6.33. The van der Waals surface area contributed by atoms with Crippen LogP contribution in [0.1, 0.15) is 0 Å². The van der Waals surface area contributed by atoms with Gasteiger partial charge < -0.3 is 10.3 Å². The molecule has 4 rings (SSSR count). The van der Waals surface area contributed by atoms with Crippen LogP contribution in [-0.4, -0.2) is 25.1 Å². The average Bonchev–Trinajstić information content (AvgIpc) is 3.17. The van der Waals surface area contributed by atoms with Crippen molar-refractivity contribution in [3.63, 3.8) is 0 Å². The van der Waals surface area contributed by atoms with Crippen molar-refractivity contribution in [1.29, 1.82) is 0 Å². The zero-order chi connectivity index (χ0) is 14.9. The second-order valence-electron chi connectivity index (χ2n) is 4.73. The number of H-pyrrole nitrogens is 2. The summed E-state index contributed by atoms with van der Waals surface area (Å²) < 4.78 is 0. The molecule has 3 heterocycles. The summed E-state index contributed by atoms with van der Waals surface area (Å²) in [4.78, 5) is 12.2. The molecule has 0 saturated carbocycles. The van der Waals surface area contributed by atoms with E-state index >= 15 is 0 Å². The van der Waals surface area contributed by atoms with Crippen molar-refractivity contribution >= 4 is 34.1 Å². The Hall–Kier alpha value is -2.86. The van der Waals surface area contributed by atoms with Gasteiger partial charge in [0.2, 0.25) is 0 Å². The van der Waals surface area contributed by atoms with Crippen molar-refractivity contribution in [2.75, 3.05) is 5.32 Å². The van der Waals surface area contributed by atoms with Crippen LogP contribution in [-0.2, 0) is 0 Å². The molecule has 7 heteroatoms. The van der Waals surface area contributed by atoms with Crippen LogP contribution in [0.15, 0.2) is 48.9 Å². The molecule has 0 aliphatic rings. The lowest BCUT2D eigenvalue weighted by atomic mass is 10.2. The standard InChI is InChI=1S/C15H11ClN6/c16-11-4-2-1-3-10(11)14-21-12-5-6-17-15(13(12)22-14)20-9-7-18-19-8-9/h1-8H,(H,17,20)(H,18,19)(H,21,22). The smallest absolute Gasteiger partial charge is 0.156 e. The van der Waals surface area contributed by atoms with Gasteiger partial charge in [-0.05, 0) is 18.2 Å². The Morgan fingerprint density at radius 3 is 2.86 bits per heavy atom. The maximum Gasteiger partial charge on any atom is 0.156 e. The van der Waals surface area contributed by atoms with Crippen molar-refractivity contribution < 1.29 is 0 Å². The number of nitrogens with zero attached hydrogens (tertiary/aromatic N) is 3. The van der Waals surface area contributed by atoms with Gasteiger partial charge in [-0.3, -0.25) is 5.10 Å². The topological polar surface area (TPSA) is 82.3 Å². The van der Waals surface area contributed by atoms with Crippen LogP contribution in [0.5, 0.6) is 0 Å². The number of rotatable bonds is 3. The third-order valence-electron chi connectivity index (χ3n) is 3.29. The van der Waals surface area contributed by atoms with Crippen LogP contribution < -0.4 is 5.32 Å². The monoisotopic (exact) mass is 310 g/mol. The Bertz CT molecular complexity index is 928. The maximum atomic E-state index is 6.24. The van der Waals surface area contributed by atoms with Crippen LogP contribution in [0.4, 0.5) is 11.5 Å². The van der Waals surface area contributed by atoms with E-state index < -0.39 is 0 Å². The molecule has 3 N–H and O–H groups in total. The minimum Gasteiger partial charge on any atom is -0.336 e. The van der Waals surface area contributed by atoms with E-state index in [4.69, 9.17) is 11.6 Å². The minimum absolute atomic E-state index is 0.652. The fourth-order valence-electron chi connectivity index (χ4n) is 2.27. The van der Waals surface area contributed by atoms with E-state index in [0.29, 0.717) is 16.7 Å². The van der Waals surface area contributed by atoms with Crippen molar-refractivity contribution in [3.05, 3.63) is 53.9 Å². The predicted octanol–water partition coefficient (Wildman–Crippen LogP) is 3.75. The summed E-state index contributed by atoms with van der Waals surface area (Å²) in [5.41, 5.74) is 3.32. The summed E-state index contributed by atoms with van der Waals surface area (Å²) in [5.74, 6) is 1.40. The van der Waals surface area contributed by atoms with E-state index in [1.807, 2.05) is 30.3 Å². The first-order chi connectivity index (χ1) is 10.8. The molecule has 6 nitrogen and oxygen atoms in total. The number of nitrogens with one attached hydrogen (secondary N) is 3. The molecule has 0 bridgehead atoms. The van der Waals surface area contributed by atoms with Gasteiger partial charge in [0, 0.05) is 18.0 Å². The molecule has 4 aromatic rings. The third-order valence-corrected chi connectivity index (χ3v) is 3.62. The molecule has 0 atom stereocenters. The molecule has 22 heavy (non-hydrogen) atoms. The van der Waals surface area contributed by atoms with Gasteiger partial charge in [-0.25, -0.2) is 9.97 Å². The SMILES string of the molecule is Clc1ccccc1-c1nc2ccnc(Nc3cn[nH]c3)c2[nH]1. The zero-order valence-corrected chi connectivity index (χ0v) is 12.1. The predicted molar refractivity (Wildman–Crippen MR) is 86.2 cm³/mol. The molecule has 0 radical (unpaired) electrons. The van der Waals surface area contributed by atoms with Crippen molar-refractivity contribution in [2.45, 2.75) is 0 Å². The van der Waals surface area contributed by atoms with Gasteiger partial charge in [-0.15, -0.1) is 0 Å². The molecule has 0 aliphatic heterocycles. The molecule has 0 saturated heterocycles. The van der Waals surface area contributed by atoms with Gasteiger partial charge >= 0.3 is 0 Å². The lowest BCUT2D eigenvalue weighted by Crippen LogP contribution is -1.92. The average molecular weight is 311 g/mol. The molecule has 0 aliphatic carbocycles. The first-order valence-corrected chi connectivity index (χ1v) is 7.04. The van der Waals surface area contributed by atoms with Crippen LogP contribution in [0.3, 0.4) is 0 Å².